The van der Waals surface area contributed by atoms with E-state index < -0.39 is 5.60 Å². The molecule has 1 saturated heterocycles. The summed E-state index contributed by atoms with van der Waals surface area (Å²) in [5.41, 5.74) is 0.486. The molecule has 1 aliphatic rings. The Labute approximate surface area is 135 Å². The van der Waals surface area contributed by atoms with Crippen LogP contribution in [0.3, 0.4) is 0 Å². The average Bonchev–Trinajstić information content (AvgIpc) is 3.02. The lowest BCUT2D eigenvalue weighted by Gasteiger charge is -2.28. The Morgan fingerprint density at radius 2 is 2.18 bits per heavy atom. The second kappa shape index (κ2) is 6.69. The van der Waals surface area contributed by atoms with Gasteiger partial charge in [0.1, 0.15) is 5.60 Å². The maximum Gasteiger partial charge on any atom is 0.410 e. The number of ether oxygens (including phenoxy) is 1. The van der Waals surface area contributed by atoms with E-state index in [9.17, 15) is 9.59 Å². The predicted octanol–water partition coefficient (Wildman–Crippen LogP) is 3.19. The van der Waals surface area contributed by atoms with Crippen molar-refractivity contribution in [3.05, 3.63) is 21.9 Å². The predicted molar refractivity (Wildman–Crippen MR) is 87.4 cm³/mol. The van der Waals surface area contributed by atoms with Gasteiger partial charge in [-0.05, 0) is 57.5 Å². The highest BCUT2D eigenvalue weighted by molar-refractivity contribution is 7.12. The van der Waals surface area contributed by atoms with E-state index in [2.05, 4.69) is 5.32 Å². The van der Waals surface area contributed by atoms with Crippen molar-refractivity contribution < 1.29 is 14.3 Å². The van der Waals surface area contributed by atoms with E-state index in [0.717, 1.165) is 23.3 Å². The first kappa shape index (κ1) is 16.8. The normalized spacial score (nSPS) is 18.4. The fourth-order valence-electron chi connectivity index (χ4n) is 2.50. The molecular formula is C16H24N2O3S. The number of aryl methyl sites for hydroxylation is 1. The van der Waals surface area contributed by atoms with Crippen LogP contribution in [0.15, 0.2) is 11.4 Å². The number of hydrogen-bond acceptors (Lipinski definition) is 4. The van der Waals surface area contributed by atoms with Crippen molar-refractivity contribution >= 4 is 23.3 Å². The molecule has 2 amide bonds. The number of thiophene rings is 1. The van der Waals surface area contributed by atoms with Gasteiger partial charge in [0, 0.05) is 13.1 Å². The molecule has 1 N–H and O–H groups in total. The monoisotopic (exact) mass is 324 g/mol. The van der Waals surface area contributed by atoms with Crippen LogP contribution in [0.4, 0.5) is 4.79 Å². The van der Waals surface area contributed by atoms with E-state index in [4.69, 9.17) is 4.74 Å². The van der Waals surface area contributed by atoms with Gasteiger partial charge in [-0.2, -0.15) is 0 Å². The van der Waals surface area contributed by atoms with Crippen LogP contribution in [0.25, 0.3) is 0 Å². The standard InChI is InChI=1S/C16H24N2O3S/c1-11-7-9-22-13(11)14(19)17-10-12-6-5-8-18(12)15(20)21-16(2,3)4/h7,9,12H,5-6,8,10H2,1-4H3,(H,17,19). The molecule has 122 valence electrons. The van der Waals surface area contributed by atoms with Gasteiger partial charge < -0.3 is 15.0 Å². The van der Waals surface area contributed by atoms with Gasteiger partial charge in [-0.3, -0.25) is 4.79 Å². The molecular weight excluding hydrogens is 300 g/mol. The number of carbonyl (C=O) groups excluding carboxylic acids is 2. The maximum atomic E-state index is 12.2. The Hall–Kier alpha value is -1.56. The molecule has 0 bridgehead atoms. The summed E-state index contributed by atoms with van der Waals surface area (Å²) in [5.74, 6) is -0.0662. The molecule has 1 aromatic rings. The minimum absolute atomic E-state index is 0.0130. The second-order valence-corrected chi connectivity index (χ2v) is 7.53. The van der Waals surface area contributed by atoms with Crippen LogP contribution in [0.1, 0.15) is 48.8 Å². The highest BCUT2D eigenvalue weighted by Gasteiger charge is 2.32. The molecule has 6 heteroatoms. The molecule has 22 heavy (non-hydrogen) atoms. The zero-order chi connectivity index (χ0) is 16.3. The first-order valence-corrected chi connectivity index (χ1v) is 8.48. The van der Waals surface area contributed by atoms with Crippen LogP contribution < -0.4 is 5.32 Å². The number of nitrogens with one attached hydrogen (secondary N) is 1. The summed E-state index contributed by atoms with van der Waals surface area (Å²) in [6, 6.07) is 1.95. The molecule has 1 atom stereocenters. The molecule has 1 aromatic heterocycles. The van der Waals surface area contributed by atoms with Crippen molar-refractivity contribution in [2.24, 2.45) is 0 Å². The van der Waals surface area contributed by atoms with E-state index in [-0.39, 0.29) is 18.0 Å². The SMILES string of the molecule is Cc1ccsc1C(=O)NCC1CCCN1C(=O)OC(C)(C)C. The fraction of sp³-hybridized carbons (Fsp3) is 0.625. The first-order chi connectivity index (χ1) is 10.3. The summed E-state index contributed by atoms with van der Waals surface area (Å²) in [6.07, 6.45) is 1.54. The minimum Gasteiger partial charge on any atom is -0.444 e. The van der Waals surface area contributed by atoms with E-state index in [1.54, 1.807) is 4.90 Å². The van der Waals surface area contributed by atoms with Crippen LogP contribution in [-0.4, -0.2) is 41.6 Å². The molecule has 2 rings (SSSR count). The van der Waals surface area contributed by atoms with Crippen LogP contribution in [0.5, 0.6) is 0 Å². The van der Waals surface area contributed by atoms with Gasteiger partial charge in [0.15, 0.2) is 0 Å². The van der Waals surface area contributed by atoms with E-state index >= 15 is 0 Å². The lowest BCUT2D eigenvalue weighted by molar-refractivity contribution is 0.0225. The summed E-state index contributed by atoms with van der Waals surface area (Å²) in [5, 5.41) is 4.85. The van der Waals surface area contributed by atoms with Gasteiger partial charge in [-0.1, -0.05) is 0 Å². The molecule has 1 aliphatic heterocycles. The van der Waals surface area contributed by atoms with Crippen LogP contribution >= 0.6 is 11.3 Å². The summed E-state index contributed by atoms with van der Waals surface area (Å²) >= 11 is 1.44. The van der Waals surface area contributed by atoms with Gasteiger partial charge in [0.05, 0.1) is 10.9 Å². The van der Waals surface area contributed by atoms with Crippen molar-refractivity contribution in [3.63, 3.8) is 0 Å². The Balaban J connectivity index is 1.90. The third-order valence-corrected chi connectivity index (χ3v) is 4.59. The summed E-state index contributed by atoms with van der Waals surface area (Å²) < 4.78 is 5.43. The van der Waals surface area contributed by atoms with Gasteiger partial charge in [0.2, 0.25) is 0 Å². The van der Waals surface area contributed by atoms with Crippen LogP contribution in [-0.2, 0) is 4.74 Å². The topological polar surface area (TPSA) is 58.6 Å². The number of likely N-dealkylation sites (tertiary alicyclic amines) is 1. The van der Waals surface area contributed by atoms with Crippen LogP contribution in [0, 0.1) is 6.92 Å². The Morgan fingerprint density at radius 1 is 1.45 bits per heavy atom. The number of nitrogens with zero attached hydrogens (tertiary/aromatic N) is 1. The highest BCUT2D eigenvalue weighted by atomic mass is 32.1. The maximum absolute atomic E-state index is 12.2. The third-order valence-electron chi connectivity index (χ3n) is 3.57. The van der Waals surface area contributed by atoms with Gasteiger partial charge >= 0.3 is 6.09 Å². The molecule has 0 spiro atoms. The molecule has 5 nitrogen and oxygen atoms in total. The van der Waals surface area contributed by atoms with Crippen molar-refractivity contribution in [1.29, 1.82) is 0 Å². The smallest absolute Gasteiger partial charge is 0.410 e. The van der Waals surface area contributed by atoms with Crippen molar-refractivity contribution in [3.8, 4) is 0 Å². The molecule has 0 saturated carbocycles. The molecule has 1 fully saturated rings. The lowest BCUT2D eigenvalue weighted by atomic mass is 10.2. The zero-order valence-electron chi connectivity index (χ0n) is 13.6. The van der Waals surface area contributed by atoms with E-state index in [0.29, 0.717) is 13.1 Å². The van der Waals surface area contributed by atoms with Gasteiger partial charge in [-0.25, -0.2) is 4.79 Å². The van der Waals surface area contributed by atoms with Crippen molar-refractivity contribution in [1.82, 2.24) is 10.2 Å². The first-order valence-electron chi connectivity index (χ1n) is 7.60. The van der Waals surface area contributed by atoms with Crippen LogP contribution in [0.2, 0.25) is 0 Å². The van der Waals surface area contributed by atoms with Gasteiger partial charge in [-0.15, -0.1) is 11.3 Å². The number of hydrogen-bond donors (Lipinski definition) is 1. The summed E-state index contributed by atoms with van der Waals surface area (Å²) in [6.45, 7) is 8.66. The largest absolute Gasteiger partial charge is 0.444 e. The Morgan fingerprint density at radius 3 is 2.77 bits per heavy atom. The molecule has 2 heterocycles. The van der Waals surface area contributed by atoms with Crippen molar-refractivity contribution in [2.45, 2.75) is 52.2 Å². The highest BCUT2D eigenvalue weighted by Crippen LogP contribution is 2.21. The number of rotatable bonds is 3. The van der Waals surface area contributed by atoms with E-state index in [1.807, 2.05) is 39.1 Å². The third kappa shape index (κ3) is 4.22. The summed E-state index contributed by atoms with van der Waals surface area (Å²) in [7, 11) is 0. The lowest BCUT2D eigenvalue weighted by Crippen LogP contribution is -2.45. The summed E-state index contributed by atoms with van der Waals surface area (Å²) in [4.78, 5) is 26.8. The van der Waals surface area contributed by atoms with Gasteiger partial charge in [0.25, 0.3) is 5.91 Å². The molecule has 0 radical (unpaired) electrons. The quantitative estimate of drug-likeness (QED) is 0.929. The van der Waals surface area contributed by atoms with Crippen molar-refractivity contribution in [2.75, 3.05) is 13.1 Å². The Bertz CT molecular complexity index is 548. The fourth-order valence-corrected chi connectivity index (χ4v) is 3.35. The minimum atomic E-state index is -0.498. The molecule has 0 aliphatic carbocycles. The zero-order valence-corrected chi connectivity index (χ0v) is 14.5. The molecule has 0 aromatic carbocycles. The Kier molecular flexibility index (Phi) is 5.11. The second-order valence-electron chi connectivity index (χ2n) is 6.61. The van der Waals surface area contributed by atoms with E-state index in [1.165, 1.54) is 11.3 Å². The molecule has 1 unspecified atom stereocenters. The number of amides is 2. The number of carbonyl (C=O) groups is 2. The average molecular weight is 324 g/mol.